The number of nitrogens with zero attached hydrogens (tertiary/aromatic N) is 3. The summed E-state index contributed by atoms with van der Waals surface area (Å²) in [6.45, 7) is 4.94. The summed E-state index contributed by atoms with van der Waals surface area (Å²) in [5.74, 6) is 0. The van der Waals surface area contributed by atoms with Crippen molar-refractivity contribution in [3.8, 4) is 0 Å². The molecular formula is C51H40BN3Si. The zero-order valence-electron chi connectivity index (χ0n) is 31.5. The van der Waals surface area contributed by atoms with Crippen LogP contribution in [0.2, 0.25) is 5.54 Å². The lowest BCUT2D eigenvalue weighted by molar-refractivity contribution is 1.03. The van der Waals surface area contributed by atoms with Crippen LogP contribution < -0.4 is 46.6 Å². The molecule has 5 heteroatoms. The molecule has 3 nitrogen and oxygen atoms in total. The maximum absolute atomic E-state index is 2.54. The number of anilines is 9. The number of rotatable bonds is 5. The number of hydrogen-bond donors (Lipinski definition) is 0. The topological polar surface area (TPSA) is 9.72 Å². The molecule has 56 heavy (non-hydrogen) atoms. The molecule has 0 unspecified atom stereocenters. The van der Waals surface area contributed by atoms with E-state index in [1.165, 1.54) is 71.8 Å². The zero-order chi connectivity index (χ0) is 37.4. The van der Waals surface area contributed by atoms with E-state index in [0.717, 1.165) is 11.4 Å². The van der Waals surface area contributed by atoms with Crippen molar-refractivity contribution >= 4 is 97.9 Å². The number of para-hydroxylation sites is 5. The smallest absolute Gasteiger partial charge is 0.252 e. The molecule has 0 spiro atoms. The van der Waals surface area contributed by atoms with Gasteiger partial charge >= 0.3 is 0 Å². The minimum absolute atomic E-state index is 0.0707. The molecule has 3 aliphatic heterocycles. The van der Waals surface area contributed by atoms with Crippen molar-refractivity contribution in [2.45, 2.75) is 19.4 Å². The summed E-state index contributed by atoms with van der Waals surface area (Å²) in [6, 6.07) is 74.6. The van der Waals surface area contributed by atoms with Crippen LogP contribution in [-0.2, 0) is 0 Å². The lowest BCUT2D eigenvalue weighted by Gasteiger charge is -2.47. The van der Waals surface area contributed by atoms with E-state index in [4.69, 9.17) is 0 Å². The fourth-order valence-electron chi connectivity index (χ4n) is 10.2. The van der Waals surface area contributed by atoms with Crippen LogP contribution in [-0.4, -0.2) is 14.8 Å². The molecule has 8 aromatic carbocycles. The number of fused-ring (bicyclic) bond motifs is 6. The summed E-state index contributed by atoms with van der Waals surface area (Å²) in [7, 11) is -2.44. The maximum Gasteiger partial charge on any atom is 0.252 e. The van der Waals surface area contributed by atoms with E-state index in [1.807, 2.05) is 0 Å². The molecule has 0 bridgehead atoms. The van der Waals surface area contributed by atoms with Gasteiger partial charge in [-0.2, -0.15) is 0 Å². The van der Waals surface area contributed by atoms with Gasteiger partial charge in [-0.3, -0.25) is 0 Å². The molecule has 0 aliphatic carbocycles. The van der Waals surface area contributed by atoms with Crippen LogP contribution in [0.15, 0.2) is 200 Å². The molecular weight excluding hydrogens is 693 g/mol. The summed E-state index contributed by atoms with van der Waals surface area (Å²) in [5, 5.41) is 4.40. The normalized spacial score (nSPS) is 14.4. The second-order valence-corrected chi connectivity index (χ2v) is 19.9. The van der Waals surface area contributed by atoms with Gasteiger partial charge in [-0.05, 0) is 104 Å². The summed E-state index contributed by atoms with van der Waals surface area (Å²) in [6.07, 6.45) is 0. The van der Waals surface area contributed by atoms with Gasteiger partial charge in [0.25, 0.3) is 6.71 Å². The van der Waals surface area contributed by atoms with Gasteiger partial charge in [-0.15, -0.1) is 0 Å². The summed E-state index contributed by atoms with van der Waals surface area (Å²) in [5.41, 5.74) is 15.3. The van der Waals surface area contributed by atoms with Crippen LogP contribution in [0, 0.1) is 0 Å². The van der Waals surface area contributed by atoms with Crippen molar-refractivity contribution in [2.24, 2.45) is 0 Å². The van der Waals surface area contributed by atoms with Gasteiger partial charge in [0.2, 0.25) is 0 Å². The molecule has 266 valence electrons. The lowest BCUT2D eigenvalue weighted by Crippen LogP contribution is -2.72. The van der Waals surface area contributed by atoms with Crippen molar-refractivity contribution in [1.82, 2.24) is 0 Å². The van der Waals surface area contributed by atoms with E-state index in [9.17, 15) is 0 Å². The van der Waals surface area contributed by atoms with Gasteiger partial charge in [0.15, 0.2) is 8.07 Å². The van der Waals surface area contributed by atoms with Gasteiger partial charge in [-0.25, -0.2) is 0 Å². The summed E-state index contributed by atoms with van der Waals surface area (Å²) in [4.78, 5) is 7.50. The van der Waals surface area contributed by atoms with Gasteiger partial charge in [-0.1, -0.05) is 147 Å². The largest absolute Gasteiger partial charge is 0.311 e. The third kappa shape index (κ3) is 4.58. The first kappa shape index (κ1) is 32.8. The first-order valence-corrected chi connectivity index (χ1v) is 21.8. The lowest BCUT2D eigenvalue weighted by atomic mass is 9.33. The van der Waals surface area contributed by atoms with E-state index < -0.39 is 8.07 Å². The molecule has 0 atom stereocenters. The average Bonchev–Trinajstić information content (AvgIpc) is 3.26. The highest BCUT2D eigenvalue weighted by Crippen LogP contribution is 2.46. The standard InChI is InChI=1S/C51H40BN3Si/c1-36(2)56(40-23-10-5-11-24-40)49-31-16-14-27-44(49)55(45-28-15-17-32-50(45)56)39-33-34-42-48(35-39)54(38-21-8-4-9-22-38)47-30-18-29-46-51(47)52(42)41-25-12-13-26-43(41)53(46)37-19-6-3-7-20-37/h3-36H,1-2H3. The second kappa shape index (κ2) is 12.8. The summed E-state index contributed by atoms with van der Waals surface area (Å²) < 4.78 is 0. The van der Waals surface area contributed by atoms with Gasteiger partial charge in [0.1, 0.15) is 0 Å². The highest BCUT2D eigenvalue weighted by molar-refractivity contribution is 7.14. The Balaban J connectivity index is 1.17. The van der Waals surface area contributed by atoms with E-state index in [0.29, 0.717) is 5.54 Å². The van der Waals surface area contributed by atoms with Crippen molar-refractivity contribution < 1.29 is 0 Å². The van der Waals surface area contributed by atoms with E-state index in [2.05, 4.69) is 229 Å². The molecule has 0 saturated heterocycles. The second-order valence-electron chi connectivity index (χ2n) is 15.5. The highest BCUT2D eigenvalue weighted by Gasteiger charge is 2.50. The third-order valence-electron chi connectivity index (χ3n) is 12.4. The Morgan fingerprint density at radius 2 is 0.821 bits per heavy atom. The Kier molecular flexibility index (Phi) is 7.48. The van der Waals surface area contributed by atoms with Crippen LogP contribution in [0.3, 0.4) is 0 Å². The number of benzene rings is 8. The SMILES string of the molecule is CC(C)[Si]1(c2ccccc2)c2ccccc2N(c2ccc3c(c2)N(c2ccccc2)c2cccc4c2B3c2ccccc2N4c2ccccc2)c2ccccc21. The molecule has 0 amide bonds. The molecule has 0 N–H and O–H groups in total. The van der Waals surface area contributed by atoms with Crippen molar-refractivity contribution in [3.63, 3.8) is 0 Å². The number of hydrogen-bond acceptors (Lipinski definition) is 3. The van der Waals surface area contributed by atoms with E-state index in [-0.39, 0.29) is 6.71 Å². The monoisotopic (exact) mass is 733 g/mol. The van der Waals surface area contributed by atoms with E-state index in [1.54, 1.807) is 0 Å². The minimum Gasteiger partial charge on any atom is -0.311 e. The fourth-order valence-corrected chi connectivity index (χ4v) is 15.7. The Morgan fingerprint density at radius 3 is 1.41 bits per heavy atom. The van der Waals surface area contributed by atoms with Crippen LogP contribution >= 0.6 is 0 Å². The zero-order valence-corrected chi connectivity index (χ0v) is 32.5. The summed E-state index contributed by atoms with van der Waals surface area (Å²) >= 11 is 0. The Morgan fingerprint density at radius 1 is 0.375 bits per heavy atom. The van der Waals surface area contributed by atoms with E-state index >= 15 is 0 Å². The van der Waals surface area contributed by atoms with Crippen LogP contribution in [0.1, 0.15) is 13.8 Å². The Bertz CT molecular complexity index is 2720. The Hall–Kier alpha value is -6.56. The van der Waals surface area contributed by atoms with Crippen LogP contribution in [0.4, 0.5) is 51.2 Å². The molecule has 3 aliphatic rings. The van der Waals surface area contributed by atoms with Crippen molar-refractivity contribution in [3.05, 3.63) is 200 Å². The quantitative estimate of drug-likeness (QED) is 0.163. The third-order valence-corrected chi connectivity index (χ3v) is 17.9. The molecule has 0 saturated carbocycles. The van der Waals surface area contributed by atoms with Crippen LogP contribution in [0.5, 0.6) is 0 Å². The molecule has 3 heterocycles. The molecule has 0 aromatic heterocycles. The van der Waals surface area contributed by atoms with Crippen LogP contribution in [0.25, 0.3) is 0 Å². The van der Waals surface area contributed by atoms with Gasteiger partial charge in [0.05, 0.1) is 0 Å². The Labute approximate surface area is 330 Å². The maximum atomic E-state index is 2.54. The molecule has 0 fully saturated rings. The fraction of sp³-hybridized carbons (Fsp3) is 0.0588. The predicted octanol–water partition coefficient (Wildman–Crippen LogP) is 9.43. The molecule has 8 aromatic rings. The first-order chi connectivity index (χ1) is 27.7. The predicted molar refractivity (Wildman–Crippen MR) is 241 cm³/mol. The van der Waals surface area contributed by atoms with Crippen molar-refractivity contribution in [1.29, 1.82) is 0 Å². The van der Waals surface area contributed by atoms with Gasteiger partial charge in [0, 0.05) is 51.2 Å². The molecule has 0 radical (unpaired) electrons. The average molecular weight is 734 g/mol. The van der Waals surface area contributed by atoms with Crippen molar-refractivity contribution in [2.75, 3.05) is 14.7 Å². The highest BCUT2D eigenvalue weighted by atomic mass is 28.3. The first-order valence-electron chi connectivity index (χ1n) is 19.8. The van der Waals surface area contributed by atoms with Gasteiger partial charge < -0.3 is 14.7 Å². The minimum atomic E-state index is -2.44. The molecule has 11 rings (SSSR count).